The van der Waals surface area contributed by atoms with Gasteiger partial charge in [-0.2, -0.15) is 13.2 Å². The summed E-state index contributed by atoms with van der Waals surface area (Å²) in [5.74, 6) is -1.96. The second-order valence-electron chi connectivity index (χ2n) is 4.32. The summed E-state index contributed by atoms with van der Waals surface area (Å²) < 4.78 is 59.9. The second kappa shape index (κ2) is 5.82. The molecule has 0 aliphatic heterocycles. The molecule has 4 nitrogen and oxygen atoms in total. The second-order valence-corrected chi connectivity index (χ2v) is 6.40. The van der Waals surface area contributed by atoms with Gasteiger partial charge in [-0.05, 0) is 31.0 Å². The van der Waals surface area contributed by atoms with Gasteiger partial charge in [-0.1, -0.05) is 6.07 Å². The molecule has 0 atom stereocenters. The van der Waals surface area contributed by atoms with Crippen LogP contribution in [0, 0.1) is 6.92 Å². The minimum Gasteiger partial charge on any atom is -0.478 e. The molecule has 0 bridgehead atoms. The fourth-order valence-corrected chi connectivity index (χ4v) is 3.25. The van der Waals surface area contributed by atoms with Crippen molar-refractivity contribution in [3.63, 3.8) is 0 Å². The van der Waals surface area contributed by atoms with Gasteiger partial charge >= 0.3 is 12.1 Å². The molecule has 0 fully saturated rings. The number of alkyl halides is 3. The SMILES string of the molecule is Cc1ccc(C(=O)O)cc1S(=O)(=O)CCCC(F)(F)F. The number of rotatable bonds is 5. The maximum Gasteiger partial charge on any atom is 0.389 e. The summed E-state index contributed by atoms with van der Waals surface area (Å²) >= 11 is 0. The lowest BCUT2D eigenvalue weighted by Crippen LogP contribution is -2.14. The van der Waals surface area contributed by atoms with E-state index in [0.717, 1.165) is 6.07 Å². The molecule has 0 spiro atoms. The molecule has 112 valence electrons. The minimum absolute atomic E-state index is 0.218. The third-order valence-corrected chi connectivity index (χ3v) is 4.58. The third kappa shape index (κ3) is 4.52. The van der Waals surface area contributed by atoms with Crippen LogP contribution >= 0.6 is 0 Å². The van der Waals surface area contributed by atoms with E-state index in [1.165, 1.54) is 19.1 Å². The molecule has 8 heteroatoms. The van der Waals surface area contributed by atoms with E-state index in [9.17, 15) is 26.4 Å². The van der Waals surface area contributed by atoms with Crippen molar-refractivity contribution < 1.29 is 31.5 Å². The highest BCUT2D eigenvalue weighted by atomic mass is 32.2. The number of aromatic carboxylic acids is 1. The molecule has 0 saturated heterocycles. The average Bonchev–Trinajstić information content (AvgIpc) is 2.26. The highest BCUT2D eigenvalue weighted by Crippen LogP contribution is 2.24. The number of carboxylic acid groups (broad SMARTS) is 1. The van der Waals surface area contributed by atoms with Crippen LogP contribution in [0.5, 0.6) is 0 Å². The van der Waals surface area contributed by atoms with Gasteiger partial charge in [-0.3, -0.25) is 0 Å². The van der Waals surface area contributed by atoms with Crippen LogP contribution in [0.3, 0.4) is 0 Å². The number of carboxylic acids is 1. The van der Waals surface area contributed by atoms with Gasteiger partial charge in [0.25, 0.3) is 0 Å². The zero-order valence-electron chi connectivity index (χ0n) is 10.6. The standard InChI is InChI=1S/C12H13F3O4S/c1-8-3-4-9(11(16)17)7-10(8)20(18,19)6-2-5-12(13,14)15/h3-4,7H,2,5-6H2,1H3,(H,16,17). The van der Waals surface area contributed by atoms with Crippen LogP contribution in [-0.2, 0) is 9.84 Å². The summed E-state index contributed by atoms with van der Waals surface area (Å²) in [6, 6.07) is 3.53. The molecule has 0 aliphatic carbocycles. The van der Waals surface area contributed by atoms with Gasteiger partial charge in [-0.15, -0.1) is 0 Å². The summed E-state index contributed by atoms with van der Waals surface area (Å²) in [6.45, 7) is 1.46. The van der Waals surface area contributed by atoms with Crippen molar-refractivity contribution in [3.05, 3.63) is 29.3 Å². The third-order valence-electron chi connectivity index (χ3n) is 2.64. The van der Waals surface area contributed by atoms with E-state index in [-0.39, 0.29) is 10.5 Å². The lowest BCUT2D eigenvalue weighted by molar-refractivity contribution is -0.134. The number of sulfone groups is 1. The van der Waals surface area contributed by atoms with Crippen molar-refractivity contribution in [1.82, 2.24) is 0 Å². The number of hydrogen-bond donors (Lipinski definition) is 1. The van der Waals surface area contributed by atoms with Gasteiger partial charge < -0.3 is 5.11 Å². The molecule has 0 saturated carbocycles. The van der Waals surface area contributed by atoms with E-state index >= 15 is 0 Å². The van der Waals surface area contributed by atoms with E-state index in [1.807, 2.05) is 0 Å². The van der Waals surface area contributed by atoms with E-state index in [0.29, 0.717) is 5.56 Å². The first kappa shape index (κ1) is 16.5. The maximum atomic E-state index is 12.0. The zero-order valence-corrected chi connectivity index (χ0v) is 11.4. The van der Waals surface area contributed by atoms with E-state index in [2.05, 4.69) is 0 Å². The Morgan fingerprint density at radius 2 is 1.90 bits per heavy atom. The summed E-state index contributed by atoms with van der Waals surface area (Å²) in [4.78, 5) is 10.6. The molecule has 0 heterocycles. The summed E-state index contributed by atoms with van der Waals surface area (Å²) in [6.07, 6.45) is -6.15. The van der Waals surface area contributed by atoms with Crippen LogP contribution in [0.2, 0.25) is 0 Å². The van der Waals surface area contributed by atoms with Crippen LogP contribution < -0.4 is 0 Å². The van der Waals surface area contributed by atoms with Gasteiger partial charge in [0.2, 0.25) is 0 Å². The first-order chi connectivity index (χ1) is 9.03. The van der Waals surface area contributed by atoms with E-state index < -0.39 is 40.6 Å². The molecule has 1 aromatic rings. The number of hydrogen-bond acceptors (Lipinski definition) is 3. The predicted molar refractivity (Wildman–Crippen MR) is 65.5 cm³/mol. The fraction of sp³-hybridized carbons (Fsp3) is 0.417. The number of halogens is 3. The van der Waals surface area contributed by atoms with Crippen molar-refractivity contribution in [2.24, 2.45) is 0 Å². The van der Waals surface area contributed by atoms with Gasteiger partial charge in [0.15, 0.2) is 9.84 Å². The Morgan fingerprint density at radius 1 is 1.30 bits per heavy atom. The summed E-state index contributed by atoms with van der Waals surface area (Å²) in [5, 5.41) is 8.81. The fourth-order valence-electron chi connectivity index (χ4n) is 1.64. The van der Waals surface area contributed by atoms with Crippen LogP contribution in [-0.4, -0.2) is 31.4 Å². The maximum absolute atomic E-state index is 12.0. The van der Waals surface area contributed by atoms with Crippen LogP contribution in [0.25, 0.3) is 0 Å². The van der Waals surface area contributed by atoms with E-state index in [4.69, 9.17) is 5.11 Å². The smallest absolute Gasteiger partial charge is 0.389 e. The highest BCUT2D eigenvalue weighted by Gasteiger charge is 2.28. The van der Waals surface area contributed by atoms with Gasteiger partial charge in [0, 0.05) is 6.42 Å². The Hall–Kier alpha value is -1.57. The van der Waals surface area contributed by atoms with Crippen LogP contribution in [0.1, 0.15) is 28.8 Å². The predicted octanol–water partition coefficient (Wildman–Crippen LogP) is 2.81. The lowest BCUT2D eigenvalue weighted by atomic mass is 10.1. The Morgan fingerprint density at radius 3 is 2.40 bits per heavy atom. The topological polar surface area (TPSA) is 71.4 Å². The van der Waals surface area contributed by atoms with Gasteiger partial charge in [0.1, 0.15) is 0 Å². The number of aryl methyl sites for hydroxylation is 1. The molecule has 1 aromatic carbocycles. The molecule has 0 aromatic heterocycles. The average molecular weight is 310 g/mol. The first-order valence-electron chi connectivity index (χ1n) is 5.66. The molecule has 0 unspecified atom stereocenters. The zero-order chi connectivity index (χ0) is 15.6. The van der Waals surface area contributed by atoms with Crippen molar-refractivity contribution in [2.45, 2.75) is 30.8 Å². The molecule has 1 rings (SSSR count). The molecular weight excluding hydrogens is 297 g/mol. The van der Waals surface area contributed by atoms with E-state index in [1.54, 1.807) is 0 Å². The summed E-state index contributed by atoms with van der Waals surface area (Å²) in [7, 11) is -3.93. The molecule has 1 N–H and O–H groups in total. The molecule has 0 radical (unpaired) electrons. The first-order valence-corrected chi connectivity index (χ1v) is 7.31. The molecule has 0 aliphatic rings. The molecular formula is C12H13F3O4S. The monoisotopic (exact) mass is 310 g/mol. The highest BCUT2D eigenvalue weighted by molar-refractivity contribution is 7.91. The normalized spacial score (nSPS) is 12.4. The Labute approximate surface area is 114 Å². The Kier molecular flexibility index (Phi) is 4.80. The van der Waals surface area contributed by atoms with Crippen molar-refractivity contribution in [1.29, 1.82) is 0 Å². The quantitative estimate of drug-likeness (QED) is 0.907. The van der Waals surface area contributed by atoms with Crippen LogP contribution in [0.15, 0.2) is 23.1 Å². The van der Waals surface area contributed by atoms with Crippen molar-refractivity contribution in [2.75, 3.05) is 5.75 Å². The van der Waals surface area contributed by atoms with Gasteiger partial charge in [0.05, 0.1) is 16.2 Å². The minimum atomic E-state index is -4.41. The Bertz CT molecular complexity index is 606. The van der Waals surface area contributed by atoms with Crippen molar-refractivity contribution in [3.8, 4) is 0 Å². The largest absolute Gasteiger partial charge is 0.478 e. The van der Waals surface area contributed by atoms with Gasteiger partial charge in [-0.25, -0.2) is 13.2 Å². The summed E-state index contributed by atoms with van der Waals surface area (Å²) in [5.41, 5.74) is 0.0898. The lowest BCUT2D eigenvalue weighted by Gasteiger charge is -2.10. The molecule has 0 amide bonds. The number of benzene rings is 1. The van der Waals surface area contributed by atoms with Crippen LogP contribution in [0.4, 0.5) is 13.2 Å². The van der Waals surface area contributed by atoms with Crippen molar-refractivity contribution >= 4 is 15.8 Å². The molecule has 20 heavy (non-hydrogen) atoms. The number of carbonyl (C=O) groups is 1. The Balaban J connectivity index is 2.97.